The van der Waals surface area contributed by atoms with Crippen LogP contribution in [-0.2, 0) is 6.61 Å². The highest BCUT2D eigenvalue weighted by Crippen LogP contribution is 2.26. The number of carbonyl (C=O) groups excluding carboxylic acids is 1. The molecule has 0 saturated carbocycles. The van der Waals surface area contributed by atoms with Crippen molar-refractivity contribution >= 4 is 11.6 Å². The van der Waals surface area contributed by atoms with Gasteiger partial charge in [0.25, 0.3) is 5.91 Å². The molecule has 0 N–H and O–H groups in total. The van der Waals surface area contributed by atoms with Crippen LogP contribution in [0.5, 0.6) is 23.0 Å². The number of piperazine rings is 1. The number of anilines is 1. The monoisotopic (exact) mass is 476 g/mol. The number of hydrogen-bond donors (Lipinski definition) is 0. The zero-order chi connectivity index (χ0) is 24.6. The molecule has 0 atom stereocenters. The van der Waals surface area contributed by atoms with Gasteiger partial charge in [-0.05, 0) is 73.7 Å². The molecule has 1 aliphatic rings. The molecular weight excluding hydrogens is 444 g/mol. The van der Waals surface area contributed by atoms with E-state index in [4.69, 9.17) is 18.9 Å². The lowest BCUT2D eigenvalue weighted by Gasteiger charge is -2.36. The molecule has 1 saturated heterocycles. The maximum atomic E-state index is 13.3. The molecule has 0 spiro atoms. The van der Waals surface area contributed by atoms with E-state index < -0.39 is 0 Å². The Bertz CT molecular complexity index is 1110. The van der Waals surface area contributed by atoms with Gasteiger partial charge in [0.2, 0.25) is 0 Å². The second-order valence-corrected chi connectivity index (χ2v) is 8.20. The maximum Gasteiger partial charge on any atom is 0.253 e. The summed E-state index contributed by atoms with van der Waals surface area (Å²) in [4.78, 5) is 17.5. The molecule has 7 nitrogen and oxygen atoms in total. The first-order valence-electron chi connectivity index (χ1n) is 11.8. The molecule has 1 amide bonds. The van der Waals surface area contributed by atoms with Gasteiger partial charge in [-0.1, -0.05) is 0 Å². The minimum Gasteiger partial charge on any atom is -0.497 e. The molecule has 1 aliphatic heterocycles. The Morgan fingerprint density at radius 2 is 1.37 bits per heavy atom. The number of methoxy groups -OCH3 is 2. The van der Waals surface area contributed by atoms with E-state index in [0.29, 0.717) is 31.9 Å². The van der Waals surface area contributed by atoms with Crippen LogP contribution in [0.2, 0.25) is 0 Å². The first kappa shape index (κ1) is 24.3. The molecule has 3 aromatic rings. The molecule has 4 rings (SSSR count). The molecule has 0 unspecified atom stereocenters. The summed E-state index contributed by atoms with van der Waals surface area (Å²) in [7, 11) is 3.29. The van der Waals surface area contributed by atoms with Gasteiger partial charge < -0.3 is 28.7 Å². The first-order valence-corrected chi connectivity index (χ1v) is 11.8. The number of nitrogens with zero attached hydrogens (tertiary/aromatic N) is 2. The zero-order valence-electron chi connectivity index (χ0n) is 20.5. The molecule has 7 heteroatoms. The van der Waals surface area contributed by atoms with Crippen LogP contribution in [0.15, 0.2) is 66.7 Å². The Morgan fingerprint density at radius 3 is 1.97 bits per heavy atom. The van der Waals surface area contributed by atoms with Gasteiger partial charge in [0.1, 0.15) is 29.6 Å². The number of hydrogen-bond acceptors (Lipinski definition) is 6. The second kappa shape index (κ2) is 11.5. The molecule has 1 heterocycles. The van der Waals surface area contributed by atoms with Gasteiger partial charge in [0.15, 0.2) is 0 Å². The molecule has 184 valence electrons. The predicted molar refractivity (Wildman–Crippen MR) is 136 cm³/mol. The van der Waals surface area contributed by atoms with Crippen molar-refractivity contribution in [3.63, 3.8) is 0 Å². The van der Waals surface area contributed by atoms with E-state index in [1.165, 1.54) is 0 Å². The highest BCUT2D eigenvalue weighted by Gasteiger charge is 2.23. The molecule has 3 aromatic carbocycles. The standard InChI is InChI=1S/C28H32N2O5/c1-4-34-27-14-5-21(19-22(27)20-35-26-12-10-25(33-3)11-13-26)28(31)30-17-15-29(16-18-30)23-6-8-24(32-2)9-7-23/h5-14,19H,4,15-18,20H2,1-3H3. The lowest BCUT2D eigenvalue weighted by atomic mass is 10.1. The molecule has 1 fully saturated rings. The highest BCUT2D eigenvalue weighted by molar-refractivity contribution is 5.94. The number of carbonyl (C=O) groups is 1. The van der Waals surface area contributed by atoms with Gasteiger partial charge >= 0.3 is 0 Å². The highest BCUT2D eigenvalue weighted by atomic mass is 16.5. The summed E-state index contributed by atoms with van der Waals surface area (Å²) in [6, 6.07) is 21.0. The van der Waals surface area contributed by atoms with Gasteiger partial charge in [0.05, 0.1) is 20.8 Å². The van der Waals surface area contributed by atoms with E-state index in [-0.39, 0.29) is 5.91 Å². The van der Waals surface area contributed by atoms with Crippen LogP contribution in [-0.4, -0.2) is 57.8 Å². The number of ether oxygens (including phenoxy) is 4. The normalized spacial score (nSPS) is 13.3. The fraction of sp³-hybridized carbons (Fsp3) is 0.321. The molecule has 0 aliphatic carbocycles. The molecule has 0 radical (unpaired) electrons. The van der Waals surface area contributed by atoms with E-state index >= 15 is 0 Å². The largest absolute Gasteiger partial charge is 0.497 e. The third-order valence-corrected chi connectivity index (χ3v) is 6.07. The van der Waals surface area contributed by atoms with Crippen LogP contribution < -0.4 is 23.8 Å². The van der Waals surface area contributed by atoms with Gasteiger partial charge in [-0.2, -0.15) is 0 Å². The third kappa shape index (κ3) is 5.98. The summed E-state index contributed by atoms with van der Waals surface area (Å²) in [6.07, 6.45) is 0. The summed E-state index contributed by atoms with van der Waals surface area (Å²) in [5.41, 5.74) is 2.61. The van der Waals surface area contributed by atoms with Crippen LogP contribution in [0, 0.1) is 0 Å². The Balaban J connectivity index is 1.41. The Labute approximate surface area is 206 Å². The van der Waals surface area contributed by atoms with Crippen molar-refractivity contribution in [1.29, 1.82) is 0 Å². The second-order valence-electron chi connectivity index (χ2n) is 8.20. The molecule has 0 bridgehead atoms. The Kier molecular flexibility index (Phi) is 7.98. The first-order chi connectivity index (χ1) is 17.1. The van der Waals surface area contributed by atoms with Gasteiger partial charge in [-0.25, -0.2) is 0 Å². The van der Waals surface area contributed by atoms with Crippen LogP contribution in [0.1, 0.15) is 22.8 Å². The van der Waals surface area contributed by atoms with E-state index in [2.05, 4.69) is 17.0 Å². The van der Waals surface area contributed by atoms with Crippen LogP contribution in [0.3, 0.4) is 0 Å². The number of rotatable bonds is 9. The maximum absolute atomic E-state index is 13.3. The summed E-state index contributed by atoms with van der Waals surface area (Å²) < 4.78 is 22.2. The summed E-state index contributed by atoms with van der Waals surface area (Å²) >= 11 is 0. The van der Waals surface area contributed by atoms with Gasteiger partial charge in [-0.3, -0.25) is 4.79 Å². The fourth-order valence-corrected chi connectivity index (χ4v) is 4.10. The van der Waals surface area contributed by atoms with Crippen molar-refractivity contribution in [3.8, 4) is 23.0 Å². The molecule has 35 heavy (non-hydrogen) atoms. The molecular formula is C28H32N2O5. The van der Waals surface area contributed by atoms with Crippen molar-refractivity contribution in [2.75, 3.05) is 51.9 Å². The number of benzene rings is 3. The van der Waals surface area contributed by atoms with Crippen LogP contribution in [0.25, 0.3) is 0 Å². The average molecular weight is 477 g/mol. The van der Waals surface area contributed by atoms with Crippen LogP contribution in [0.4, 0.5) is 5.69 Å². The van der Waals surface area contributed by atoms with Crippen molar-refractivity contribution < 1.29 is 23.7 Å². The van der Waals surface area contributed by atoms with E-state index in [1.807, 2.05) is 66.4 Å². The van der Waals surface area contributed by atoms with Gasteiger partial charge in [-0.15, -0.1) is 0 Å². The quantitative estimate of drug-likeness (QED) is 0.448. The summed E-state index contributed by atoms with van der Waals surface area (Å²) in [5.74, 6) is 3.08. The van der Waals surface area contributed by atoms with Crippen molar-refractivity contribution in [1.82, 2.24) is 4.90 Å². The third-order valence-electron chi connectivity index (χ3n) is 6.07. The zero-order valence-corrected chi connectivity index (χ0v) is 20.5. The van der Waals surface area contributed by atoms with E-state index in [0.717, 1.165) is 47.3 Å². The van der Waals surface area contributed by atoms with Crippen molar-refractivity contribution in [2.45, 2.75) is 13.5 Å². The average Bonchev–Trinajstić information content (AvgIpc) is 2.92. The van der Waals surface area contributed by atoms with Crippen molar-refractivity contribution in [2.24, 2.45) is 0 Å². The van der Waals surface area contributed by atoms with E-state index in [9.17, 15) is 4.79 Å². The van der Waals surface area contributed by atoms with Crippen LogP contribution >= 0.6 is 0 Å². The topological polar surface area (TPSA) is 60.5 Å². The van der Waals surface area contributed by atoms with E-state index in [1.54, 1.807) is 14.2 Å². The number of amides is 1. The predicted octanol–water partition coefficient (Wildman–Crippen LogP) is 4.64. The summed E-state index contributed by atoms with van der Waals surface area (Å²) in [5, 5.41) is 0. The lowest BCUT2D eigenvalue weighted by Crippen LogP contribution is -2.48. The lowest BCUT2D eigenvalue weighted by molar-refractivity contribution is 0.0746. The smallest absolute Gasteiger partial charge is 0.253 e. The molecule has 0 aromatic heterocycles. The fourth-order valence-electron chi connectivity index (χ4n) is 4.10. The van der Waals surface area contributed by atoms with Crippen molar-refractivity contribution in [3.05, 3.63) is 77.9 Å². The van der Waals surface area contributed by atoms with Gasteiger partial charge in [0, 0.05) is 43.0 Å². The Hall–Kier alpha value is -3.87. The summed E-state index contributed by atoms with van der Waals surface area (Å²) in [6.45, 7) is 5.66. The Morgan fingerprint density at radius 1 is 0.771 bits per heavy atom. The minimum atomic E-state index is 0.0214. The minimum absolute atomic E-state index is 0.0214. The SMILES string of the molecule is CCOc1ccc(C(=O)N2CCN(c3ccc(OC)cc3)CC2)cc1COc1ccc(OC)cc1.